The maximum absolute atomic E-state index is 13.0. The molecule has 160 valence electrons. The van der Waals surface area contributed by atoms with Crippen LogP contribution in [0.5, 0.6) is 5.75 Å². The maximum atomic E-state index is 13.0. The molecule has 1 heterocycles. The molecule has 3 aromatic rings. The molecule has 1 aromatic heterocycles. The number of amides is 2. The molecular weight excluding hydrogens is 410 g/mol. The second-order valence-corrected chi connectivity index (χ2v) is 8.85. The van der Waals surface area contributed by atoms with Crippen LogP contribution in [0.3, 0.4) is 0 Å². The molecule has 6 nitrogen and oxygen atoms in total. The van der Waals surface area contributed by atoms with Crippen LogP contribution < -0.4 is 15.4 Å². The van der Waals surface area contributed by atoms with Crippen molar-refractivity contribution >= 4 is 34.0 Å². The second kappa shape index (κ2) is 8.89. The van der Waals surface area contributed by atoms with E-state index in [0.717, 1.165) is 52.4 Å². The topological polar surface area (TPSA) is 80.3 Å². The van der Waals surface area contributed by atoms with Gasteiger partial charge >= 0.3 is 0 Å². The first-order valence-corrected chi connectivity index (χ1v) is 11.1. The van der Waals surface area contributed by atoms with Gasteiger partial charge in [0.25, 0.3) is 5.91 Å². The quantitative estimate of drug-likeness (QED) is 0.586. The molecule has 2 amide bonds. The van der Waals surface area contributed by atoms with Gasteiger partial charge in [0.15, 0.2) is 5.13 Å². The molecule has 0 radical (unpaired) electrons. The highest BCUT2D eigenvalue weighted by molar-refractivity contribution is 7.16. The highest BCUT2D eigenvalue weighted by Gasteiger charge is 2.30. The lowest BCUT2D eigenvalue weighted by Gasteiger charge is -2.20. The lowest BCUT2D eigenvalue weighted by molar-refractivity contribution is -0.117. The molecule has 4 rings (SSSR count). The number of anilines is 2. The number of nitrogens with zero attached hydrogens (tertiary/aromatic N) is 1. The number of thiazole rings is 1. The van der Waals surface area contributed by atoms with Crippen molar-refractivity contribution in [3.05, 3.63) is 69.7 Å². The summed E-state index contributed by atoms with van der Waals surface area (Å²) in [7, 11) is 1.63. The molecule has 31 heavy (non-hydrogen) atoms. The molecule has 2 N–H and O–H groups in total. The molecule has 1 aliphatic rings. The molecule has 2 aromatic carbocycles. The number of carbonyl (C=O) groups excluding carboxylic acids is 2. The molecule has 0 spiro atoms. The SMILES string of the molecule is COc1ccc(NC(=O)C2CCCc3sc(NC(=O)c4ccc(C)cc4)nc32)cc1C. The van der Waals surface area contributed by atoms with Crippen molar-refractivity contribution < 1.29 is 14.3 Å². The van der Waals surface area contributed by atoms with E-state index in [1.165, 1.54) is 11.3 Å². The van der Waals surface area contributed by atoms with E-state index in [2.05, 4.69) is 15.6 Å². The van der Waals surface area contributed by atoms with Gasteiger partial charge in [-0.15, -0.1) is 11.3 Å². The summed E-state index contributed by atoms with van der Waals surface area (Å²) in [6.45, 7) is 3.92. The largest absolute Gasteiger partial charge is 0.496 e. The number of fused-ring (bicyclic) bond motifs is 1. The molecule has 0 aliphatic heterocycles. The first kappa shape index (κ1) is 21.1. The summed E-state index contributed by atoms with van der Waals surface area (Å²) < 4.78 is 5.28. The number of aryl methyl sites for hydroxylation is 3. The Morgan fingerprint density at radius 3 is 2.58 bits per heavy atom. The third kappa shape index (κ3) is 4.61. The fourth-order valence-electron chi connectivity index (χ4n) is 3.79. The van der Waals surface area contributed by atoms with Crippen molar-refractivity contribution in [1.29, 1.82) is 0 Å². The van der Waals surface area contributed by atoms with E-state index in [4.69, 9.17) is 4.74 Å². The van der Waals surface area contributed by atoms with E-state index < -0.39 is 0 Å². The summed E-state index contributed by atoms with van der Waals surface area (Å²) in [5.41, 5.74) is 4.15. The van der Waals surface area contributed by atoms with Crippen molar-refractivity contribution in [3.63, 3.8) is 0 Å². The Bertz CT molecular complexity index is 1120. The smallest absolute Gasteiger partial charge is 0.257 e. The van der Waals surface area contributed by atoms with Crippen molar-refractivity contribution in [2.24, 2.45) is 0 Å². The average Bonchev–Trinajstić information content (AvgIpc) is 3.16. The van der Waals surface area contributed by atoms with E-state index >= 15 is 0 Å². The minimum absolute atomic E-state index is 0.0766. The number of aromatic nitrogens is 1. The van der Waals surface area contributed by atoms with Crippen molar-refractivity contribution in [3.8, 4) is 5.75 Å². The van der Waals surface area contributed by atoms with Crippen LogP contribution in [0.2, 0.25) is 0 Å². The molecule has 0 saturated heterocycles. The predicted molar refractivity (Wildman–Crippen MR) is 123 cm³/mol. The van der Waals surface area contributed by atoms with Crippen molar-refractivity contribution in [2.75, 3.05) is 17.7 Å². The van der Waals surface area contributed by atoms with Crippen LogP contribution in [0.1, 0.15) is 50.8 Å². The van der Waals surface area contributed by atoms with E-state index in [0.29, 0.717) is 10.7 Å². The molecule has 0 saturated carbocycles. The fourth-order valence-corrected chi connectivity index (χ4v) is 4.85. The normalized spacial score (nSPS) is 15.1. The minimum Gasteiger partial charge on any atom is -0.496 e. The van der Waals surface area contributed by atoms with Gasteiger partial charge in [-0.3, -0.25) is 14.9 Å². The van der Waals surface area contributed by atoms with Gasteiger partial charge in [0.1, 0.15) is 5.75 Å². The zero-order chi connectivity index (χ0) is 22.0. The van der Waals surface area contributed by atoms with Gasteiger partial charge in [0, 0.05) is 16.1 Å². The lowest BCUT2D eigenvalue weighted by Crippen LogP contribution is -2.24. The summed E-state index contributed by atoms with van der Waals surface area (Å²) in [4.78, 5) is 31.3. The van der Waals surface area contributed by atoms with Crippen LogP contribution in [0.25, 0.3) is 0 Å². The number of benzene rings is 2. The van der Waals surface area contributed by atoms with Gasteiger partial charge in [-0.25, -0.2) is 4.98 Å². The molecule has 7 heteroatoms. The number of ether oxygens (including phenoxy) is 1. The van der Waals surface area contributed by atoms with Gasteiger partial charge in [0.2, 0.25) is 5.91 Å². The van der Waals surface area contributed by atoms with Gasteiger partial charge < -0.3 is 10.1 Å². The maximum Gasteiger partial charge on any atom is 0.257 e. The van der Waals surface area contributed by atoms with E-state index in [1.807, 2.05) is 44.2 Å². The van der Waals surface area contributed by atoms with Gasteiger partial charge in [0.05, 0.1) is 18.7 Å². The van der Waals surface area contributed by atoms with Crippen LogP contribution in [0, 0.1) is 13.8 Å². The highest BCUT2D eigenvalue weighted by atomic mass is 32.1. The Balaban J connectivity index is 1.49. The zero-order valence-corrected chi connectivity index (χ0v) is 18.6. The highest BCUT2D eigenvalue weighted by Crippen LogP contribution is 2.37. The molecule has 1 aliphatic carbocycles. The predicted octanol–water partition coefficient (Wildman–Crippen LogP) is 5.08. The van der Waals surface area contributed by atoms with Crippen LogP contribution in [0.15, 0.2) is 42.5 Å². The molecule has 1 unspecified atom stereocenters. The van der Waals surface area contributed by atoms with Crippen LogP contribution >= 0.6 is 11.3 Å². The van der Waals surface area contributed by atoms with Crippen LogP contribution in [-0.2, 0) is 11.2 Å². The number of nitrogens with one attached hydrogen (secondary N) is 2. The number of methoxy groups -OCH3 is 1. The van der Waals surface area contributed by atoms with Crippen LogP contribution in [0.4, 0.5) is 10.8 Å². The van der Waals surface area contributed by atoms with Gasteiger partial charge in [-0.05, 0) is 69.0 Å². The third-order valence-electron chi connectivity index (χ3n) is 5.47. The number of hydrogen-bond acceptors (Lipinski definition) is 5. The molecule has 0 fully saturated rings. The lowest BCUT2D eigenvalue weighted by atomic mass is 9.90. The summed E-state index contributed by atoms with van der Waals surface area (Å²) >= 11 is 1.46. The van der Waals surface area contributed by atoms with E-state index in [9.17, 15) is 9.59 Å². The molecule has 0 bridgehead atoms. The van der Waals surface area contributed by atoms with Gasteiger partial charge in [-0.2, -0.15) is 0 Å². The molecular formula is C24H25N3O3S. The monoisotopic (exact) mass is 435 g/mol. The summed E-state index contributed by atoms with van der Waals surface area (Å²) in [5.74, 6) is 0.187. The van der Waals surface area contributed by atoms with Crippen molar-refractivity contribution in [1.82, 2.24) is 4.98 Å². The Morgan fingerprint density at radius 1 is 1.10 bits per heavy atom. The van der Waals surface area contributed by atoms with E-state index in [-0.39, 0.29) is 17.7 Å². The number of rotatable bonds is 5. The Labute approximate surface area is 185 Å². The first-order chi connectivity index (χ1) is 14.9. The van der Waals surface area contributed by atoms with Gasteiger partial charge in [-0.1, -0.05) is 17.7 Å². The average molecular weight is 436 g/mol. The summed E-state index contributed by atoms with van der Waals surface area (Å²) in [6.07, 6.45) is 2.53. The fraction of sp³-hybridized carbons (Fsp3) is 0.292. The number of hydrogen-bond donors (Lipinski definition) is 2. The second-order valence-electron chi connectivity index (χ2n) is 7.77. The van der Waals surface area contributed by atoms with E-state index in [1.54, 1.807) is 19.2 Å². The number of carbonyl (C=O) groups is 2. The first-order valence-electron chi connectivity index (χ1n) is 10.3. The Morgan fingerprint density at radius 2 is 1.87 bits per heavy atom. The summed E-state index contributed by atoms with van der Waals surface area (Å²) in [6, 6.07) is 13.0. The standard InChI is InChI=1S/C24H25N3O3S/c1-14-7-9-16(10-8-14)22(28)27-24-26-21-18(5-4-6-20(21)31-24)23(29)25-17-11-12-19(30-3)15(2)13-17/h7-13,18H,4-6H2,1-3H3,(H,25,29)(H,26,27,28). The Kier molecular flexibility index (Phi) is 6.04. The zero-order valence-electron chi connectivity index (χ0n) is 17.8. The molecule has 1 atom stereocenters. The van der Waals surface area contributed by atoms with Crippen molar-refractivity contribution in [2.45, 2.75) is 39.0 Å². The van der Waals surface area contributed by atoms with Crippen LogP contribution in [-0.4, -0.2) is 23.9 Å². The third-order valence-corrected chi connectivity index (χ3v) is 6.51. The Hall–Kier alpha value is -3.19. The summed E-state index contributed by atoms with van der Waals surface area (Å²) in [5, 5.41) is 6.43. The minimum atomic E-state index is -0.326.